The maximum absolute atomic E-state index is 12.9. The third kappa shape index (κ3) is 9.59. The van der Waals surface area contributed by atoms with Crippen molar-refractivity contribution in [2.24, 2.45) is 5.92 Å². The summed E-state index contributed by atoms with van der Waals surface area (Å²) in [5, 5.41) is 15.6. The third-order valence-electron chi connectivity index (χ3n) is 5.37. The van der Waals surface area contributed by atoms with E-state index in [0.717, 1.165) is 19.3 Å². The number of unbranched alkanes of at least 4 members (excludes halogenated alkanes) is 1. The molecule has 0 aliphatic carbocycles. The number of carboxylic acids is 1. The summed E-state index contributed by atoms with van der Waals surface area (Å²) in [5.74, 6) is -2.60. The average molecular weight is 515 g/mol. The number of benzene rings is 1. The highest BCUT2D eigenvalue weighted by Crippen LogP contribution is 2.39. The summed E-state index contributed by atoms with van der Waals surface area (Å²) in [4.78, 5) is 48.9. The van der Waals surface area contributed by atoms with Gasteiger partial charge in [0.05, 0.1) is 0 Å². The van der Waals surface area contributed by atoms with Crippen LogP contribution in [-0.2, 0) is 25.6 Å². The molecule has 1 saturated heterocycles. The second-order valence-electron chi connectivity index (χ2n) is 8.43. The molecule has 3 atom stereocenters. The molecule has 1 heterocycles. The van der Waals surface area contributed by atoms with Crippen molar-refractivity contribution in [2.75, 3.05) is 5.75 Å². The maximum Gasteiger partial charge on any atom is 0.374 e. The first-order valence-electron chi connectivity index (χ1n) is 11.1. The maximum atomic E-state index is 12.9. The van der Waals surface area contributed by atoms with Gasteiger partial charge in [0.2, 0.25) is 11.8 Å². The Morgan fingerprint density at radius 2 is 1.82 bits per heavy atom. The first-order chi connectivity index (χ1) is 15.7. The van der Waals surface area contributed by atoms with E-state index in [1.54, 1.807) is 38.1 Å². The molecular weight excluding hydrogens is 484 g/mol. The SMILES string of the molecule is CC(C)[C@H](NC(=O)CCCCC1CCSS1)C(=O)N[C@@H](Cc1ccc(Cl)cc1)C(=O)C(=O)O. The predicted molar refractivity (Wildman–Crippen MR) is 133 cm³/mol. The molecule has 33 heavy (non-hydrogen) atoms. The Balaban J connectivity index is 1.93. The lowest BCUT2D eigenvalue weighted by Crippen LogP contribution is -2.55. The molecule has 2 amide bonds. The first kappa shape index (κ1) is 27.5. The van der Waals surface area contributed by atoms with Crippen LogP contribution in [0.15, 0.2) is 24.3 Å². The van der Waals surface area contributed by atoms with E-state index in [1.807, 2.05) is 21.6 Å². The van der Waals surface area contributed by atoms with Crippen LogP contribution < -0.4 is 10.6 Å². The highest BCUT2D eigenvalue weighted by Gasteiger charge is 2.31. The van der Waals surface area contributed by atoms with E-state index < -0.39 is 29.7 Å². The Bertz CT molecular complexity index is 829. The molecule has 0 aromatic heterocycles. The number of nitrogens with one attached hydrogen (secondary N) is 2. The van der Waals surface area contributed by atoms with Crippen LogP contribution in [0, 0.1) is 5.92 Å². The van der Waals surface area contributed by atoms with Gasteiger partial charge >= 0.3 is 5.97 Å². The molecule has 182 valence electrons. The van der Waals surface area contributed by atoms with Crippen LogP contribution in [0.1, 0.15) is 51.5 Å². The zero-order chi connectivity index (χ0) is 24.4. The number of carboxylic acid groups (broad SMARTS) is 1. The van der Waals surface area contributed by atoms with Crippen molar-refractivity contribution in [1.29, 1.82) is 0 Å². The standard InChI is InChI=1S/C23H31ClN2O5S2/c1-14(2)20(26-19(27)6-4-3-5-17-11-12-32-33-17)22(29)25-18(21(28)23(30)31)13-15-7-9-16(24)10-8-15/h7-10,14,17-18,20H,3-6,11-13H2,1-2H3,(H,25,29)(H,26,27)(H,30,31)/t17?,18-,20-/m0/s1. The summed E-state index contributed by atoms with van der Waals surface area (Å²) >= 11 is 5.88. The van der Waals surface area contributed by atoms with Crippen molar-refractivity contribution in [3.8, 4) is 0 Å². The fourth-order valence-corrected chi connectivity index (χ4v) is 6.63. The number of Topliss-reactive ketones (excluding diaryl/α,β-unsaturated/α-hetero) is 1. The van der Waals surface area contributed by atoms with Gasteiger partial charge in [-0.1, -0.05) is 65.6 Å². The zero-order valence-corrected chi connectivity index (χ0v) is 21.2. The summed E-state index contributed by atoms with van der Waals surface area (Å²) < 4.78 is 0. The molecule has 2 rings (SSSR count). The van der Waals surface area contributed by atoms with E-state index in [0.29, 0.717) is 22.3 Å². The van der Waals surface area contributed by atoms with Crippen molar-refractivity contribution >= 4 is 56.8 Å². The van der Waals surface area contributed by atoms with Crippen LogP contribution in [0.2, 0.25) is 5.02 Å². The van der Waals surface area contributed by atoms with Crippen LogP contribution in [0.5, 0.6) is 0 Å². The number of halogens is 1. The highest BCUT2D eigenvalue weighted by atomic mass is 35.5. The zero-order valence-electron chi connectivity index (χ0n) is 18.8. The smallest absolute Gasteiger partial charge is 0.374 e. The number of hydrogen-bond acceptors (Lipinski definition) is 6. The van der Waals surface area contributed by atoms with Gasteiger partial charge < -0.3 is 15.7 Å². The van der Waals surface area contributed by atoms with Gasteiger partial charge in [-0.2, -0.15) is 0 Å². The molecule has 1 unspecified atom stereocenters. The molecule has 0 bridgehead atoms. The van der Waals surface area contributed by atoms with E-state index in [4.69, 9.17) is 11.6 Å². The molecule has 0 saturated carbocycles. The molecule has 1 aromatic carbocycles. The Labute approximate surface area is 207 Å². The van der Waals surface area contributed by atoms with E-state index >= 15 is 0 Å². The van der Waals surface area contributed by atoms with Gasteiger partial charge in [0.1, 0.15) is 12.1 Å². The highest BCUT2D eigenvalue weighted by molar-refractivity contribution is 8.77. The minimum atomic E-state index is -1.63. The monoisotopic (exact) mass is 514 g/mol. The fraction of sp³-hybridized carbons (Fsp3) is 0.565. The topological polar surface area (TPSA) is 113 Å². The lowest BCUT2D eigenvalue weighted by molar-refractivity contribution is -0.150. The van der Waals surface area contributed by atoms with Gasteiger partial charge in [-0.25, -0.2) is 4.79 Å². The third-order valence-corrected chi connectivity index (χ3v) is 8.63. The lowest BCUT2D eigenvalue weighted by Gasteiger charge is -2.24. The number of aliphatic carboxylic acids is 1. The Hall–Kier alpha value is -1.71. The van der Waals surface area contributed by atoms with Crippen molar-refractivity contribution < 1.29 is 24.3 Å². The Kier molecular flexibility index (Phi) is 11.6. The van der Waals surface area contributed by atoms with Crippen molar-refractivity contribution in [1.82, 2.24) is 10.6 Å². The molecule has 1 fully saturated rings. The minimum absolute atomic E-state index is 0.00423. The van der Waals surface area contributed by atoms with Crippen molar-refractivity contribution in [3.63, 3.8) is 0 Å². The Morgan fingerprint density at radius 3 is 2.39 bits per heavy atom. The largest absolute Gasteiger partial charge is 0.475 e. The number of carbonyl (C=O) groups is 4. The van der Waals surface area contributed by atoms with E-state index in [-0.39, 0.29) is 18.2 Å². The molecule has 1 aliphatic rings. The number of amides is 2. The van der Waals surface area contributed by atoms with Gasteiger partial charge in [-0.05, 0) is 42.9 Å². The number of carbonyl (C=O) groups excluding carboxylic acids is 3. The van der Waals surface area contributed by atoms with E-state index in [2.05, 4.69) is 10.6 Å². The molecule has 1 aliphatic heterocycles. The van der Waals surface area contributed by atoms with Gasteiger partial charge in [0.15, 0.2) is 0 Å². The van der Waals surface area contributed by atoms with E-state index in [1.165, 1.54) is 12.2 Å². The first-order valence-corrected chi connectivity index (χ1v) is 13.8. The molecule has 1 aromatic rings. The van der Waals surface area contributed by atoms with Gasteiger partial charge in [0, 0.05) is 28.9 Å². The van der Waals surface area contributed by atoms with Crippen molar-refractivity contribution in [2.45, 2.75) is 69.7 Å². The second kappa shape index (κ2) is 13.9. The Morgan fingerprint density at radius 1 is 1.12 bits per heavy atom. The molecule has 3 N–H and O–H groups in total. The summed E-state index contributed by atoms with van der Waals surface area (Å²) in [5.41, 5.74) is 0.656. The molecule has 10 heteroatoms. The van der Waals surface area contributed by atoms with E-state index in [9.17, 15) is 24.3 Å². The molecular formula is C23H31ClN2O5S2. The predicted octanol–water partition coefficient (Wildman–Crippen LogP) is 3.88. The van der Waals surface area contributed by atoms with Gasteiger partial charge in [-0.15, -0.1) is 0 Å². The lowest BCUT2D eigenvalue weighted by atomic mass is 9.99. The molecule has 0 radical (unpaired) electrons. The summed E-state index contributed by atoms with van der Waals surface area (Å²) in [6.07, 6.45) is 4.33. The van der Waals surface area contributed by atoms with Crippen molar-refractivity contribution in [3.05, 3.63) is 34.9 Å². The average Bonchev–Trinajstić information content (AvgIpc) is 3.28. The van der Waals surface area contributed by atoms with Crippen LogP contribution in [0.25, 0.3) is 0 Å². The minimum Gasteiger partial charge on any atom is -0.475 e. The number of hydrogen-bond donors (Lipinski definition) is 3. The molecule has 0 spiro atoms. The van der Waals surface area contributed by atoms with Crippen LogP contribution >= 0.6 is 33.2 Å². The molecule has 7 nitrogen and oxygen atoms in total. The van der Waals surface area contributed by atoms with Gasteiger partial charge in [-0.3, -0.25) is 14.4 Å². The van der Waals surface area contributed by atoms with Crippen LogP contribution in [0.3, 0.4) is 0 Å². The summed E-state index contributed by atoms with van der Waals surface area (Å²) in [6.45, 7) is 3.57. The van der Waals surface area contributed by atoms with Crippen LogP contribution in [0.4, 0.5) is 0 Å². The summed E-state index contributed by atoms with van der Waals surface area (Å²) in [7, 11) is 3.82. The number of rotatable bonds is 13. The quantitative estimate of drug-likeness (QED) is 0.208. The number of ketones is 1. The fourth-order valence-electron chi connectivity index (χ4n) is 3.48. The second-order valence-corrected chi connectivity index (χ2v) is 11.6. The normalized spacial score (nSPS) is 17.4. The van der Waals surface area contributed by atoms with Gasteiger partial charge in [0.25, 0.3) is 5.78 Å². The van der Waals surface area contributed by atoms with Crippen LogP contribution in [-0.4, -0.2) is 51.8 Å². The summed E-state index contributed by atoms with van der Waals surface area (Å²) in [6, 6.07) is 4.47.